The predicted molar refractivity (Wildman–Crippen MR) is 64.8 cm³/mol. The van der Waals surface area contributed by atoms with Gasteiger partial charge >= 0.3 is 0 Å². The summed E-state index contributed by atoms with van der Waals surface area (Å²) in [4.78, 5) is 11.7. The molecule has 3 nitrogen and oxygen atoms in total. The second kappa shape index (κ2) is 5.21. The fraction of sp³-hybridized carbons (Fsp3) is 0.417. The van der Waals surface area contributed by atoms with E-state index in [1.165, 1.54) is 0 Å². The van der Waals surface area contributed by atoms with Crippen molar-refractivity contribution in [3.63, 3.8) is 0 Å². The molecular weight excluding hydrogens is 226 g/mol. The van der Waals surface area contributed by atoms with Crippen LogP contribution in [0.1, 0.15) is 20.8 Å². The number of halogens is 1. The highest BCUT2D eigenvalue weighted by Crippen LogP contribution is 2.20. The van der Waals surface area contributed by atoms with Gasteiger partial charge in [0, 0.05) is 11.6 Å². The van der Waals surface area contributed by atoms with Gasteiger partial charge in [-0.3, -0.25) is 4.79 Å². The highest BCUT2D eigenvalue weighted by atomic mass is 35.5. The van der Waals surface area contributed by atoms with Crippen molar-refractivity contribution >= 4 is 17.5 Å². The lowest BCUT2D eigenvalue weighted by Crippen LogP contribution is -2.46. The summed E-state index contributed by atoms with van der Waals surface area (Å²) in [5.74, 6) is 0.491. The lowest BCUT2D eigenvalue weighted by molar-refractivity contribution is -0.134. The van der Waals surface area contributed by atoms with Crippen molar-refractivity contribution in [3.8, 4) is 5.75 Å². The van der Waals surface area contributed by atoms with Crippen LogP contribution in [0.4, 0.5) is 0 Å². The summed E-state index contributed by atoms with van der Waals surface area (Å²) in [7, 11) is 0. The third-order valence-corrected chi connectivity index (χ3v) is 2.32. The molecule has 4 heteroatoms. The van der Waals surface area contributed by atoms with Gasteiger partial charge in [-0.25, -0.2) is 0 Å². The average Bonchev–Trinajstić information content (AvgIpc) is 2.21. The Kier molecular flexibility index (Phi) is 4.19. The van der Waals surface area contributed by atoms with Gasteiger partial charge in [0.2, 0.25) is 0 Å². The van der Waals surface area contributed by atoms with Crippen LogP contribution in [0.2, 0.25) is 5.02 Å². The normalized spacial score (nSPS) is 11.0. The summed E-state index contributed by atoms with van der Waals surface area (Å²) in [5, 5.41) is 3.37. The minimum Gasteiger partial charge on any atom is -0.478 e. The van der Waals surface area contributed by atoms with Gasteiger partial charge in [0.05, 0.1) is 0 Å². The zero-order valence-corrected chi connectivity index (χ0v) is 10.5. The summed E-state index contributed by atoms with van der Waals surface area (Å²) < 4.78 is 5.60. The van der Waals surface area contributed by atoms with E-state index in [4.69, 9.17) is 16.3 Å². The van der Waals surface area contributed by atoms with E-state index in [1.54, 1.807) is 38.1 Å². The van der Waals surface area contributed by atoms with Crippen molar-refractivity contribution in [1.82, 2.24) is 5.32 Å². The maximum Gasteiger partial charge on any atom is 0.263 e. The van der Waals surface area contributed by atoms with Crippen LogP contribution >= 0.6 is 11.6 Å². The van der Waals surface area contributed by atoms with E-state index in [0.29, 0.717) is 17.3 Å². The SMILES string of the molecule is CCNC(=O)C(C)(C)Oc1ccc(Cl)cc1. The van der Waals surface area contributed by atoms with Gasteiger partial charge in [0.1, 0.15) is 5.75 Å². The molecule has 0 heterocycles. The fourth-order valence-corrected chi connectivity index (χ4v) is 1.34. The topological polar surface area (TPSA) is 38.3 Å². The number of ether oxygens (including phenoxy) is 1. The summed E-state index contributed by atoms with van der Waals surface area (Å²) in [6.45, 7) is 5.92. The Balaban J connectivity index is 2.72. The number of rotatable bonds is 4. The fourth-order valence-electron chi connectivity index (χ4n) is 1.22. The molecule has 0 spiro atoms. The summed E-state index contributed by atoms with van der Waals surface area (Å²) >= 11 is 5.76. The Morgan fingerprint density at radius 2 is 1.94 bits per heavy atom. The molecule has 16 heavy (non-hydrogen) atoms. The molecule has 0 unspecified atom stereocenters. The molecule has 0 saturated carbocycles. The zero-order chi connectivity index (χ0) is 12.2. The Morgan fingerprint density at radius 1 is 1.38 bits per heavy atom. The largest absolute Gasteiger partial charge is 0.478 e. The van der Waals surface area contributed by atoms with E-state index in [9.17, 15) is 4.79 Å². The molecule has 0 saturated heterocycles. The Hall–Kier alpha value is -1.22. The van der Waals surface area contributed by atoms with Gasteiger partial charge in [0.15, 0.2) is 5.60 Å². The molecule has 0 aliphatic carbocycles. The minimum absolute atomic E-state index is 0.134. The molecule has 88 valence electrons. The van der Waals surface area contributed by atoms with Crippen LogP contribution in [0.25, 0.3) is 0 Å². The quantitative estimate of drug-likeness (QED) is 0.880. The number of nitrogens with one attached hydrogen (secondary N) is 1. The van der Waals surface area contributed by atoms with Crippen LogP contribution in [0, 0.1) is 0 Å². The van der Waals surface area contributed by atoms with Crippen molar-refractivity contribution in [2.75, 3.05) is 6.54 Å². The monoisotopic (exact) mass is 241 g/mol. The van der Waals surface area contributed by atoms with Crippen LogP contribution in [0.5, 0.6) is 5.75 Å². The van der Waals surface area contributed by atoms with Crippen LogP contribution < -0.4 is 10.1 Å². The second-order valence-electron chi connectivity index (χ2n) is 3.93. The highest BCUT2D eigenvalue weighted by Gasteiger charge is 2.29. The molecule has 0 aromatic heterocycles. The third kappa shape index (κ3) is 3.42. The lowest BCUT2D eigenvalue weighted by Gasteiger charge is -2.25. The molecule has 1 aromatic carbocycles. The standard InChI is InChI=1S/C12H16ClNO2/c1-4-14-11(15)12(2,3)16-10-7-5-9(13)6-8-10/h5-8H,4H2,1-3H3,(H,14,15). The van der Waals surface area contributed by atoms with Crippen LogP contribution in [0.3, 0.4) is 0 Å². The molecule has 0 fully saturated rings. The first-order valence-electron chi connectivity index (χ1n) is 5.18. The third-order valence-electron chi connectivity index (χ3n) is 2.07. The number of amides is 1. The van der Waals surface area contributed by atoms with Crippen LogP contribution in [0.15, 0.2) is 24.3 Å². The van der Waals surface area contributed by atoms with E-state index in [-0.39, 0.29) is 5.91 Å². The van der Waals surface area contributed by atoms with Gasteiger partial charge in [0.25, 0.3) is 5.91 Å². The molecule has 0 bridgehead atoms. The molecule has 1 N–H and O–H groups in total. The van der Waals surface area contributed by atoms with Gasteiger partial charge in [-0.1, -0.05) is 11.6 Å². The maximum absolute atomic E-state index is 11.7. The molecule has 1 aromatic rings. The van der Waals surface area contributed by atoms with Gasteiger partial charge in [-0.05, 0) is 45.0 Å². The van der Waals surface area contributed by atoms with Crippen molar-refractivity contribution in [2.45, 2.75) is 26.4 Å². The summed E-state index contributed by atoms with van der Waals surface area (Å²) in [5.41, 5.74) is -0.885. The summed E-state index contributed by atoms with van der Waals surface area (Å²) in [6, 6.07) is 6.93. The van der Waals surface area contributed by atoms with Gasteiger partial charge in [-0.2, -0.15) is 0 Å². The maximum atomic E-state index is 11.7. The zero-order valence-electron chi connectivity index (χ0n) is 9.71. The van der Waals surface area contributed by atoms with E-state index >= 15 is 0 Å². The first-order valence-corrected chi connectivity index (χ1v) is 5.56. The number of likely N-dealkylation sites (N-methyl/N-ethyl adjacent to an activating group) is 1. The van der Waals surface area contributed by atoms with Gasteiger partial charge < -0.3 is 10.1 Å². The Morgan fingerprint density at radius 3 is 2.44 bits per heavy atom. The molecule has 1 amide bonds. The molecule has 0 aliphatic rings. The van der Waals surface area contributed by atoms with E-state index in [1.807, 2.05) is 6.92 Å². The second-order valence-corrected chi connectivity index (χ2v) is 4.36. The van der Waals surface area contributed by atoms with Crippen LogP contribution in [-0.2, 0) is 4.79 Å². The smallest absolute Gasteiger partial charge is 0.263 e. The number of carbonyl (C=O) groups excluding carboxylic acids is 1. The van der Waals surface area contributed by atoms with E-state index in [2.05, 4.69) is 5.32 Å². The van der Waals surface area contributed by atoms with Crippen molar-refractivity contribution in [3.05, 3.63) is 29.3 Å². The van der Waals surface area contributed by atoms with Crippen molar-refractivity contribution < 1.29 is 9.53 Å². The van der Waals surface area contributed by atoms with Crippen LogP contribution in [-0.4, -0.2) is 18.1 Å². The first kappa shape index (κ1) is 12.8. The Labute approximate surface area is 101 Å². The van der Waals surface area contributed by atoms with Gasteiger partial charge in [-0.15, -0.1) is 0 Å². The molecule has 0 atom stereocenters. The molecule has 0 aliphatic heterocycles. The number of benzene rings is 1. The average molecular weight is 242 g/mol. The van der Waals surface area contributed by atoms with Crippen molar-refractivity contribution in [2.24, 2.45) is 0 Å². The lowest BCUT2D eigenvalue weighted by atomic mass is 10.1. The Bertz CT molecular complexity index is 360. The van der Waals surface area contributed by atoms with Crippen molar-refractivity contribution in [1.29, 1.82) is 0 Å². The number of hydrogen-bond acceptors (Lipinski definition) is 2. The summed E-state index contributed by atoms with van der Waals surface area (Å²) in [6.07, 6.45) is 0. The molecule has 0 radical (unpaired) electrons. The predicted octanol–water partition coefficient (Wildman–Crippen LogP) is 2.63. The molecule has 1 rings (SSSR count). The highest BCUT2D eigenvalue weighted by molar-refractivity contribution is 6.30. The van der Waals surface area contributed by atoms with E-state index in [0.717, 1.165) is 0 Å². The number of hydrogen-bond donors (Lipinski definition) is 1. The first-order chi connectivity index (χ1) is 7.45. The van der Waals surface area contributed by atoms with E-state index < -0.39 is 5.60 Å². The molecular formula is C12H16ClNO2. The number of carbonyl (C=O) groups is 1. The minimum atomic E-state index is -0.885.